The molecule has 0 radical (unpaired) electrons. The van der Waals surface area contributed by atoms with Crippen molar-refractivity contribution < 1.29 is 56.4 Å². The molecule has 0 bridgehead atoms. The molecule has 0 rings (SSSR count). The fourth-order valence-corrected chi connectivity index (χ4v) is 0. The van der Waals surface area contributed by atoms with E-state index in [9.17, 15) is 0 Å². The fraction of sp³-hybridized carbons (Fsp3) is 0. The van der Waals surface area contributed by atoms with Gasteiger partial charge in [0.25, 0.3) is 0 Å². The normalized spacial score (nSPS) is 0. The van der Waals surface area contributed by atoms with Crippen molar-refractivity contribution >= 4 is 0 Å². The van der Waals surface area contributed by atoms with Crippen molar-refractivity contribution in [3.63, 3.8) is 0 Å². The molecule has 0 aromatic carbocycles. The maximum Gasteiger partial charge on any atom is 0 e. The van der Waals surface area contributed by atoms with Crippen molar-refractivity contribution in [3.05, 3.63) is 0 Å². The van der Waals surface area contributed by atoms with Gasteiger partial charge in [-0.2, -0.15) is 0 Å². The van der Waals surface area contributed by atoms with Crippen LogP contribution in [0, 0.1) is 39.9 Å². The second-order valence-electron chi connectivity index (χ2n) is 0. The van der Waals surface area contributed by atoms with E-state index in [1.807, 2.05) is 0 Å². The quantitative estimate of drug-likeness (QED) is 0.472. The van der Waals surface area contributed by atoms with E-state index in [0.717, 1.165) is 0 Å². The molecule has 0 aliphatic heterocycles. The average molecular weight is 286 g/mol. The first-order valence-electron chi connectivity index (χ1n) is 0. The summed E-state index contributed by atoms with van der Waals surface area (Å²) in [5.74, 6) is 0. The smallest absolute Gasteiger partial charge is 0 e. The van der Waals surface area contributed by atoms with Crippen LogP contribution in [0.4, 0.5) is 0 Å². The predicted molar refractivity (Wildman–Crippen MR) is 10.8 cm³/mol. The molecule has 6 N–H and O–H groups in total. The Hall–Kier alpha value is 1.20. The van der Waals surface area contributed by atoms with E-state index in [2.05, 4.69) is 0 Å². The Kier molecular flexibility index (Phi) is 472. The summed E-state index contributed by atoms with van der Waals surface area (Å²) in [6, 6.07) is 0. The van der Waals surface area contributed by atoms with Gasteiger partial charge >= 0.3 is 0 Å². The summed E-state index contributed by atoms with van der Waals surface area (Å²) >= 11 is 0. The minimum absolute atomic E-state index is 0. The molecule has 0 spiro atoms. The molecule has 0 saturated carbocycles. The predicted octanol–water partition coefficient (Wildman–Crippen LogP) is -2.47. The molecule has 4 heavy (non-hydrogen) atoms. The van der Waals surface area contributed by atoms with Gasteiger partial charge in [-0.05, 0) is 0 Å². The summed E-state index contributed by atoms with van der Waals surface area (Å²) in [6.45, 7) is 0. The topological polar surface area (TPSA) is 94.5 Å². The van der Waals surface area contributed by atoms with E-state index in [4.69, 9.17) is 0 Å². The van der Waals surface area contributed by atoms with Gasteiger partial charge in [0.05, 0.1) is 0 Å². The van der Waals surface area contributed by atoms with Gasteiger partial charge in [-0.15, -0.1) is 0 Å². The summed E-state index contributed by atoms with van der Waals surface area (Å²) in [6.07, 6.45) is 0. The van der Waals surface area contributed by atoms with E-state index in [1.165, 1.54) is 0 Å². The Morgan fingerprint density at radius 1 is 0.500 bits per heavy atom. The van der Waals surface area contributed by atoms with Crippen LogP contribution >= 0.6 is 0 Å². The fourth-order valence-electron chi connectivity index (χ4n) is 0. The van der Waals surface area contributed by atoms with Crippen molar-refractivity contribution in [3.8, 4) is 0 Å². The molecule has 0 aromatic rings. The zero-order valence-corrected chi connectivity index (χ0v) is 6.11. The van der Waals surface area contributed by atoms with E-state index < -0.39 is 0 Å². The summed E-state index contributed by atoms with van der Waals surface area (Å²) in [7, 11) is 0. The molecular formula is H6O3Th. The minimum Gasteiger partial charge on any atom is -0.412 e. The number of rotatable bonds is 0. The first kappa shape index (κ1) is 63.4. The van der Waals surface area contributed by atoms with Crippen LogP contribution < -0.4 is 0 Å². The Balaban J connectivity index is 0. The minimum atomic E-state index is 0. The third-order valence-corrected chi connectivity index (χ3v) is 0. The second kappa shape index (κ2) is 29.8. The average Bonchev–Trinajstić information content (AvgIpc) is 0. The van der Waals surface area contributed by atoms with E-state index >= 15 is 0 Å². The van der Waals surface area contributed by atoms with Gasteiger partial charge < -0.3 is 16.4 Å². The molecule has 0 aliphatic rings. The Morgan fingerprint density at radius 2 is 0.500 bits per heavy atom. The number of hydrogen-bond acceptors (Lipinski definition) is 0. The summed E-state index contributed by atoms with van der Waals surface area (Å²) < 4.78 is 0. The molecule has 3 nitrogen and oxygen atoms in total. The molecule has 28 valence electrons. The summed E-state index contributed by atoms with van der Waals surface area (Å²) in [4.78, 5) is 0. The van der Waals surface area contributed by atoms with Gasteiger partial charge in [0.15, 0.2) is 0 Å². The van der Waals surface area contributed by atoms with Crippen LogP contribution in [0.15, 0.2) is 0 Å². The standard InChI is InChI=1S/3H2O.Th/h3*1H2;. The van der Waals surface area contributed by atoms with E-state index in [1.54, 1.807) is 0 Å². The van der Waals surface area contributed by atoms with Crippen LogP contribution in [0.3, 0.4) is 0 Å². The molecule has 0 fully saturated rings. The Bertz CT molecular complexity index is 3.25. The third kappa shape index (κ3) is 10.7. The van der Waals surface area contributed by atoms with E-state index in [-0.39, 0.29) is 56.4 Å². The van der Waals surface area contributed by atoms with Gasteiger partial charge in [-0.25, -0.2) is 0 Å². The zero-order chi connectivity index (χ0) is 0. The molecule has 4 heteroatoms. The van der Waals surface area contributed by atoms with Crippen molar-refractivity contribution in [2.45, 2.75) is 0 Å². The molecule has 0 saturated heterocycles. The van der Waals surface area contributed by atoms with Gasteiger partial charge in [0.2, 0.25) is 0 Å². The first-order chi connectivity index (χ1) is 0. The van der Waals surface area contributed by atoms with Crippen LogP contribution in [0.1, 0.15) is 0 Å². The maximum absolute atomic E-state index is 0. The largest absolute Gasteiger partial charge is 0.412 e. The molecule has 0 amide bonds. The summed E-state index contributed by atoms with van der Waals surface area (Å²) in [5, 5.41) is 0. The van der Waals surface area contributed by atoms with Crippen molar-refractivity contribution in [1.29, 1.82) is 0 Å². The Morgan fingerprint density at radius 3 is 0.500 bits per heavy atom. The van der Waals surface area contributed by atoms with Crippen LogP contribution in [0.2, 0.25) is 0 Å². The molecular weight excluding hydrogens is 280 g/mol. The van der Waals surface area contributed by atoms with Crippen LogP contribution in [0.5, 0.6) is 0 Å². The molecule has 0 atom stereocenters. The van der Waals surface area contributed by atoms with Crippen molar-refractivity contribution in [2.24, 2.45) is 0 Å². The van der Waals surface area contributed by atoms with Gasteiger partial charge in [-0.3, -0.25) is 0 Å². The molecule has 0 aliphatic carbocycles. The van der Waals surface area contributed by atoms with Crippen LogP contribution in [-0.2, 0) is 0 Å². The van der Waals surface area contributed by atoms with E-state index in [0.29, 0.717) is 0 Å². The van der Waals surface area contributed by atoms with Gasteiger partial charge in [-0.1, -0.05) is 0 Å². The van der Waals surface area contributed by atoms with Crippen LogP contribution in [0.25, 0.3) is 0 Å². The molecule has 0 aromatic heterocycles. The summed E-state index contributed by atoms with van der Waals surface area (Å²) in [5.41, 5.74) is 0. The van der Waals surface area contributed by atoms with Gasteiger partial charge in [0.1, 0.15) is 0 Å². The van der Waals surface area contributed by atoms with Crippen molar-refractivity contribution in [1.82, 2.24) is 0 Å². The van der Waals surface area contributed by atoms with Gasteiger partial charge in [0, 0.05) is 39.9 Å². The second-order valence-corrected chi connectivity index (χ2v) is 0. The Labute approximate surface area is 56.0 Å². The SMILES string of the molecule is O.O.O.[Th]. The van der Waals surface area contributed by atoms with Crippen LogP contribution in [-0.4, -0.2) is 16.4 Å². The number of hydrogen-bond donors (Lipinski definition) is 0. The maximum atomic E-state index is 0. The zero-order valence-electron chi connectivity index (χ0n) is 2.00. The first-order valence-corrected chi connectivity index (χ1v) is 0. The monoisotopic (exact) mass is 286 g/mol. The third-order valence-electron chi connectivity index (χ3n) is 0. The molecule has 0 unspecified atom stereocenters. The van der Waals surface area contributed by atoms with Crippen molar-refractivity contribution in [2.75, 3.05) is 0 Å². The molecule has 0 heterocycles.